The Bertz CT molecular complexity index is 1130. The molecule has 2 N–H and O–H groups in total. The number of rotatable bonds is 9. The molecule has 0 aliphatic heterocycles. The molecule has 2 saturated carbocycles. The molecule has 3 aliphatic rings. The van der Waals surface area contributed by atoms with Gasteiger partial charge in [-0.3, -0.25) is 10.4 Å². The predicted octanol–water partition coefficient (Wildman–Crippen LogP) is 7.95. The summed E-state index contributed by atoms with van der Waals surface area (Å²) in [7, 11) is 0. The van der Waals surface area contributed by atoms with Crippen molar-refractivity contribution < 1.29 is 19.9 Å². The van der Waals surface area contributed by atoms with Gasteiger partial charge < -0.3 is 20.4 Å². The number of nitrogens with zero attached hydrogens (tertiary/aromatic N) is 2. The van der Waals surface area contributed by atoms with E-state index in [2.05, 4.69) is 39.5 Å². The van der Waals surface area contributed by atoms with Crippen LogP contribution in [-0.2, 0) is 4.74 Å². The molecule has 8 nitrogen and oxygen atoms in total. The van der Waals surface area contributed by atoms with Crippen LogP contribution >= 0.6 is 0 Å². The SMILES string of the molecule is C=C1CC[C@H]2C(C)=CC[C@@H]3[C@@H]([C@@H](C)CCC=C(C)COC(=O)c4cc(N([O-])[O-])cc(N(O)O)c4)CC[C@@]3(C)C[C@H]12. The van der Waals surface area contributed by atoms with E-state index >= 15 is 0 Å². The van der Waals surface area contributed by atoms with Gasteiger partial charge in [-0.05, 0) is 124 Å². The zero-order chi connectivity index (χ0) is 29.2. The van der Waals surface area contributed by atoms with E-state index in [0.717, 1.165) is 36.6 Å². The van der Waals surface area contributed by atoms with Crippen LogP contribution in [0.5, 0.6) is 0 Å². The zero-order valence-electron chi connectivity index (χ0n) is 24.3. The van der Waals surface area contributed by atoms with Crippen molar-refractivity contribution in [2.45, 2.75) is 79.1 Å². The third-order valence-corrected chi connectivity index (χ3v) is 10.1. The van der Waals surface area contributed by atoms with Gasteiger partial charge in [0.05, 0.1) is 11.3 Å². The Labute approximate surface area is 238 Å². The lowest BCUT2D eigenvalue weighted by Gasteiger charge is -2.41. The molecule has 40 heavy (non-hydrogen) atoms. The van der Waals surface area contributed by atoms with Gasteiger partial charge in [0.1, 0.15) is 6.61 Å². The number of carbonyl (C=O) groups is 1. The van der Waals surface area contributed by atoms with Crippen LogP contribution in [0.3, 0.4) is 0 Å². The molecule has 0 aromatic heterocycles. The first kappa shape index (κ1) is 30.3. The van der Waals surface area contributed by atoms with E-state index in [4.69, 9.17) is 4.74 Å². The lowest BCUT2D eigenvalue weighted by atomic mass is 9.64. The molecule has 3 aliphatic carbocycles. The maximum absolute atomic E-state index is 12.5. The van der Waals surface area contributed by atoms with Gasteiger partial charge in [0.15, 0.2) is 0 Å². The van der Waals surface area contributed by atoms with Gasteiger partial charge in [-0.15, -0.1) is 5.23 Å². The fourth-order valence-electron chi connectivity index (χ4n) is 7.67. The number of anilines is 2. The van der Waals surface area contributed by atoms with Crippen molar-refractivity contribution in [1.82, 2.24) is 0 Å². The smallest absolute Gasteiger partial charge is 0.338 e. The van der Waals surface area contributed by atoms with E-state index in [1.807, 2.05) is 6.92 Å². The van der Waals surface area contributed by atoms with Crippen LogP contribution in [0.25, 0.3) is 0 Å². The van der Waals surface area contributed by atoms with Crippen LogP contribution in [0.1, 0.15) is 89.4 Å². The Kier molecular flexibility index (Phi) is 9.45. The lowest BCUT2D eigenvalue weighted by Crippen LogP contribution is -2.32. The second kappa shape index (κ2) is 12.5. The molecule has 0 saturated heterocycles. The number of benzene rings is 1. The van der Waals surface area contributed by atoms with Gasteiger partial charge in [0.2, 0.25) is 0 Å². The highest BCUT2D eigenvalue weighted by molar-refractivity contribution is 5.92. The average molecular weight is 553 g/mol. The van der Waals surface area contributed by atoms with Crippen molar-refractivity contribution in [3.63, 3.8) is 0 Å². The van der Waals surface area contributed by atoms with Crippen LogP contribution in [0.4, 0.5) is 11.4 Å². The number of hydrogen-bond acceptors (Lipinski definition) is 8. The minimum atomic E-state index is -0.766. The Morgan fingerprint density at radius 2 is 1.95 bits per heavy atom. The van der Waals surface area contributed by atoms with Crippen molar-refractivity contribution in [2.75, 3.05) is 17.1 Å². The van der Waals surface area contributed by atoms with Crippen LogP contribution < -0.4 is 10.5 Å². The highest BCUT2D eigenvalue weighted by Crippen LogP contribution is 2.59. The number of allylic oxidation sites excluding steroid dienone is 4. The maximum Gasteiger partial charge on any atom is 0.338 e. The number of ether oxygens (including phenoxy) is 1. The molecule has 0 amide bonds. The summed E-state index contributed by atoms with van der Waals surface area (Å²) in [5.41, 5.74) is 3.46. The minimum Gasteiger partial charge on any atom is -0.769 e. The predicted molar refractivity (Wildman–Crippen MR) is 157 cm³/mol. The second-order valence-electron chi connectivity index (χ2n) is 12.7. The summed E-state index contributed by atoms with van der Waals surface area (Å²) in [6.45, 7) is 13.7. The maximum atomic E-state index is 12.5. The first-order valence-electron chi connectivity index (χ1n) is 14.5. The van der Waals surface area contributed by atoms with Gasteiger partial charge in [-0.1, -0.05) is 43.7 Å². The topological polar surface area (TPSA) is 119 Å². The zero-order valence-corrected chi connectivity index (χ0v) is 24.3. The number of hydrogen-bond donors (Lipinski definition) is 2. The normalized spacial score (nSPS) is 29.1. The number of esters is 1. The molecule has 0 radical (unpaired) electrons. The summed E-state index contributed by atoms with van der Waals surface area (Å²) in [5.74, 6) is 2.57. The third kappa shape index (κ3) is 6.62. The highest BCUT2D eigenvalue weighted by Gasteiger charge is 2.49. The molecule has 0 heterocycles. The summed E-state index contributed by atoms with van der Waals surface area (Å²) >= 11 is 0. The molecule has 1 aromatic carbocycles. The van der Waals surface area contributed by atoms with Crippen LogP contribution in [0, 0.1) is 45.4 Å². The molecule has 6 atom stereocenters. The summed E-state index contributed by atoms with van der Waals surface area (Å²) in [6.07, 6.45) is 14.1. The molecule has 8 heteroatoms. The van der Waals surface area contributed by atoms with Crippen molar-refractivity contribution >= 4 is 17.3 Å². The van der Waals surface area contributed by atoms with E-state index in [9.17, 15) is 25.6 Å². The first-order chi connectivity index (χ1) is 18.9. The van der Waals surface area contributed by atoms with Crippen LogP contribution in [0.2, 0.25) is 0 Å². The lowest BCUT2D eigenvalue weighted by molar-refractivity contribution is 0.0291. The van der Waals surface area contributed by atoms with Gasteiger partial charge in [0.25, 0.3) is 0 Å². The largest absolute Gasteiger partial charge is 0.769 e. The third-order valence-electron chi connectivity index (χ3n) is 10.1. The quantitative estimate of drug-likeness (QED) is 0.180. The Balaban J connectivity index is 1.32. The van der Waals surface area contributed by atoms with Gasteiger partial charge >= 0.3 is 5.97 Å². The molecule has 2 fully saturated rings. The average Bonchev–Trinajstić information content (AvgIpc) is 3.43. The molecule has 0 unspecified atom stereocenters. The van der Waals surface area contributed by atoms with Crippen LogP contribution in [-0.4, -0.2) is 23.0 Å². The van der Waals surface area contributed by atoms with E-state index in [1.165, 1.54) is 44.1 Å². The van der Waals surface area contributed by atoms with Crippen LogP contribution in [0.15, 0.2) is 53.6 Å². The molecule has 0 spiro atoms. The van der Waals surface area contributed by atoms with Crippen molar-refractivity contribution in [2.24, 2.45) is 35.0 Å². The van der Waals surface area contributed by atoms with Crippen molar-refractivity contribution in [3.8, 4) is 0 Å². The van der Waals surface area contributed by atoms with E-state index in [-0.39, 0.29) is 23.1 Å². The van der Waals surface area contributed by atoms with Gasteiger partial charge in [-0.2, -0.15) is 0 Å². The van der Waals surface area contributed by atoms with E-state index < -0.39 is 16.9 Å². The monoisotopic (exact) mass is 552 g/mol. The Morgan fingerprint density at radius 3 is 2.65 bits per heavy atom. The highest BCUT2D eigenvalue weighted by atomic mass is 16.8. The molecule has 1 aromatic rings. The summed E-state index contributed by atoms with van der Waals surface area (Å²) in [4.78, 5) is 12.5. The summed E-state index contributed by atoms with van der Waals surface area (Å²) in [5, 5.41) is 39.8. The second-order valence-corrected chi connectivity index (χ2v) is 12.7. The van der Waals surface area contributed by atoms with Gasteiger partial charge in [-0.25, -0.2) is 4.79 Å². The fourth-order valence-corrected chi connectivity index (χ4v) is 7.67. The number of fused-ring (bicyclic) bond motifs is 2. The molecule has 4 rings (SSSR count). The molecular weight excluding hydrogens is 508 g/mol. The molecule has 220 valence electrons. The van der Waals surface area contributed by atoms with E-state index in [1.54, 1.807) is 5.57 Å². The number of carbonyl (C=O) groups excluding carboxylic acids is 1. The summed E-state index contributed by atoms with van der Waals surface area (Å²) in [6, 6.07) is 3.13. The fraction of sp³-hybridized carbons (Fsp3) is 0.594. The Hall–Kier alpha value is -2.65. The first-order valence-corrected chi connectivity index (χ1v) is 14.5. The van der Waals surface area contributed by atoms with Crippen molar-refractivity contribution in [3.05, 3.63) is 69.6 Å². The minimum absolute atomic E-state index is 0.0633. The van der Waals surface area contributed by atoms with E-state index in [0.29, 0.717) is 35.0 Å². The standard InChI is InChI=1S/C32H44N2O6/c1-20(19-40-31(35)24-15-25(33(36)37)17-26(16-24)34(38)39)7-6-8-21(2)28-13-14-32(5)18-29-23(4)9-11-27(29)22(3)10-12-30(28)32/h7,10,15-17,21,27-30,36-37H,4,6,8-9,11-14,18-19H2,1-3,5H3/q-2/t21-,27-,28+,29+,30+,32-/m0/s1. The summed E-state index contributed by atoms with van der Waals surface area (Å²) < 4.78 is 5.35. The molecular formula is C32H44N2O6-2. The Morgan fingerprint density at radius 1 is 1.23 bits per heavy atom. The van der Waals surface area contributed by atoms with Gasteiger partial charge in [0, 0.05) is 5.69 Å². The van der Waals surface area contributed by atoms with Crippen molar-refractivity contribution in [1.29, 1.82) is 0 Å². The molecule has 0 bridgehead atoms.